The summed E-state index contributed by atoms with van der Waals surface area (Å²) in [5, 5.41) is 15.9. The van der Waals surface area contributed by atoms with Gasteiger partial charge in [0.15, 0.2) is 0 Å². The molecule has 176 valence electrons. The fourth-order valence-electron chi connectivity index (χ4n) is 3.22. The van der Waals surface area contributed by atoms with Crippen molar-refractivity contribution in [2.75, 3.05) is 5.32 Å². The number of carbonyl (C=O) groups is 4. The highest BCUT2D eigenvalue weighted by atomic mass is 19.4. The van der Waals surface area contributed by atoms with E-state index in [9.17, 15) is 32.3 Å². The predicted molar refractivity (Wildman–Crippen MR) is 106 cm³/mol. The summed E-state index contributed by atoms with van der Waals surface area (Å²) in [7, 11) is 0. The van der Waals surface area contributed by atoms with Crippen LogP contribution in [0.5, 0.6) is 0 Å². The number of hydrogen-bond donors (Lipinski definition) is 5. The lowest BCUT2D eigenvalue weighted by Gasteiger charge is -2.21. The summed E-state index contributed by atoms with van der Waals surface area (Å²) in [5.41, 5.74) is 0.516. The number of halogens is 3. The molecule has 4 amide bonds. The van der Waals surface area contributed by atoms with Gasteiger partial charge in [0.25, 0.3) is 0 Å². The fraction of sp³-hybridized carbons (Fsp3) is 0.500. The predicted octanol–water partition coefficient (Wildman–Crippen LogP) is 1.86. The van der Waals surface area contributed by atoms with Crippen LogP contribution >= 0.6 is 0 Å². The standard InChI is InChI=1S/C20H25F3N4O5/c21-20(22,23)12-5-4-6-13(11-12)24-18(30)14(7-2-1-3-8-17(29)27-32)26-19(31)15-9-10-16(28)25-15/h4-6,11,14-15,32H,1-3,7-10H2,(H,24,30)(H,25,28)(H,26,31)(H,27,29). The molecule has 0 spiro atoms. The Hall–Kier alpha value is -3.15. The Balaban J connectivity index is 2.01. The molecule has 1 aromatic carbocycles. The first-order valence-electron chi connectivity index (χ1n) is 10.1. The van der Waals surface area contributed by atoms with Gasteiger partial charge in [-0.1, -0.05) is 18.9 Å². The quantitative estimate of drug-likeness (QED) is 0.207. The number of carbonyl (C=O) groups excluding carboxylic acids is 4. The normalized spacial score (nSPS) is 16.8. The molecule has 1 heterocycles. The molecule has 1 saturated heterocycles. The molecule has 1 aromatic rings. The van der Waals surface area contributed by atoms with Crippen LogP contribution in [0.3, 0.4) is 0 Å². The van der Waals surface area contributed by atoms with Gasteiger partial charge in [-0.15, -0.1) is 0 Å². The zero-order valence-corrected chi connectivity index (χ0v) is 17.1. The maximum atomic E-state index is 12.9. The van der Waals surface area contributed by atoms with Gasteiger partial charge in [0, 0.05) is 18.5 Å². The lowest BCUT2D eigenvalue weighted by molar-refractivity contribution is -0.137. The van der Waals surface area contributed by atoms with E-state index in [1.807, 2.05) is 0 Å². The van der Waals surface area contributed by atoms with E-state index in [-0.39, 0.29) is 37.3 Å². The third-order valence-corrected chi connectivity index (χ3v) is 4.92. The zero-order valence-electron chi connectivity index (χ0n) is 17.1. The molecule has 0 radical (unpaired) electrons. The number of amides is 4. The monoisotopic (exact) mass is 458 g/mol. The number of hydroxylamine groups is 1. The van der Waals surface area contributed by atoms with E-state index < -0.39 is 41.5 Å². The third-order valence-electron chi connectivity index (χ3n) is 4.92. The van der Waals surface area contributed by atoms with Crippen molar-refractivity contribution in [2.45, 2.75) is 63.2 Å². The first kappa shape index (κ1) is 25.1. The van der Waals surface area contributed by atoms with Crippen LogP contribution in [0, 0.1) is 0 Å². The molecule has 32 heavy (non-hydrogen) atoms. The second kappa shape index (κ2) is 11.5. The van der Waals surface area contributed by atoms with Gasteiger partial charge in [-0.05, 0) is 37.5 Å². The zero-order chi connectivity index (χ0) is 23.7. The number of anilines is 1. The minimum atomic E-state index is -4.57. The smallest absolute Gasteiger partial charge is 0.344 e. The van der Waals surface area contributed by atoms with E-state index in [4.69, 9.17) is 5.21 Å². The van der Waals surface area contributed by atoms with Gasteiger partial charge in [0.1, 0.15) is 12.1 Å². The Bertz CT molecular complexity index is 847. The molecule has 2 atom stereocenters. The Morgan fingerprint density at radius 2 is 1.94 bits per heavy atom. The van der Waals surface area contributed by atoms with E-state index in [1.54, 1.807) is 0 Å². The van der Waals surface area contributed by atoms with Crippen LogP contribution in [0.15, 0.2) is 24.3 Å². The Kier molecular flexibility index (Phi) is 9.00. The number of hydrogen-bond acceptors (Lipinski definition) is 5. The van der Waals surface area contributed by atoms with Crippen molar-refractivity contribution < 1.29 is 37.6 Å². The highest BCUT2D eigenvalue weighted by Gasteiger charge is 2.32. The van der Waals surface area contributed by atoms with Gasteiger partial charge >= 0.3 is 6.18 Å². The van der Waals surface area contributed by atoms with Crippen LogP contribution in [0.2, 0.25) is 0 Å². The number of alkyl halides is 3. The molecule has 0 aromatic heterocycles. The molecule has 2 rings (SSSR count). The molecule has 9 nitrogen and oxygen atoms in total. The average Bonchev–Trinajstić information content (AvgIpc) is 3.18. The molecule has 5 N–H and O–H groups in total. The molecular formula is C20H25F3N4O5. The average molecular weight is 458 g/mol. The van der Waals surface area contributed by atoms with Crippen molar-refractivity contribution in [1.82, 2.24) is 16.1 Å². The summed E-state index contributed by atoms with van der Waals surface area (Å²) in [6, 6.07) is 2.30. The Morgan fingerprint density at radius 1 is 1.19 bits per heavy atom. The van der Waals surface area contributed by atoms with Crippen molar-refractivity contribution in [3.63, 3.8) is 0 Å². The van der Waals surface area contributed by atoms with Crippen molar-refractivity contribution in [3.8, 4) is 0 Å². The second-order valence-electron chi connectivity index (χ2n) is 7.42. The summed E-state index contributed by atoms with van der Waals surface area (Å²) in [6.07, 6.45) is -2.49. The first-order valence-corrected chi connectivity index (χ1v) is 10.1. The maximum absolute atomic E-state index is 12.9. The lowest BCUT2D eigenvalue weighted by atomic mass is 10.0. The molecule has 1 aliphatic heterocycles. The van der Waals surface area contributed by atoms with Gasteiger partial charge < -0.3 is 16.0 Å². The van der Waals surface area contributed by atoms with E-state index in [1.165, 1.54) is 11.5 Å². The first-order chi connectivity index (χ1) is 15.1. The second-order valence-corrected chi connectivity index (χ2v) is 7.42. The van der Waals surface area contributed by atoms with Gasteiger partial charge in [0.05, 0.1) is 5.56 Å². The molecule has 1 aliphatic rings. The van der Waals surface area contributed by atoms with E-state index >= 15 is 0 Å². The SMILES string of the molecule is O=C(CCCCCC(NC(=O)C1CCC(=O)N1)C(=O)Nc1cccc(C(F)(F)F)c1)NO. The molecule has 0 aliphatic carbocycles. The van der Waals surface area contributed by atoms with Crippen LogP contribution in [-0.2, 0) is 25.4 Å². The van der Waals surface area contributed by atoms with Gasteiger partial charge in [-0.25, -0.2) is 5.48 Å². The molecule has 0 saturated carbocycles. The molecule has 1 fully saturated rings. The largest absolute Gasteiger partial charge is 0.416 e. The van der Waals surface area contributed by atoms with Crippen LogP contribution in [0.4, 0.5) is 18.9 Å². The highest BCUT2D eigenvalue weighted by Crippen LogP contribution is 2.30. The topological polar surface area (TPSA) is 137 Å². The summed E-state index contributed by atoms with van der Waals surface area (Å²) in [4.78, 5) is 47.5. The molecule has 12 heteroatoms. The van der Waals surface area contributed by atoms with Crippen molar-refractivity contribution >= 4 is 29.3 Å². The van der Waals surface area contributed by atoms with Crippen molar-refractivity contribution in [3.05, 3.63) is 29.8 Å². The molecule has 2 unspecified atom stereocenters. The summed E-state index contributed by atoms with van der Waals surface area (Å²) in [6.45, 7) is 0. The molecular weight excluding hydrogens is 433 g/mol. The van der Waals surface area contributed by atoms with Crippen LogP contribution in [-0.4, -0.2) is 40.9 Å². The fourth-order valence-corrected chi connectivity index (χ4v) is 3.22. The Morgan fingerprint density at radius 3 is 2.56 bits per heavy atom. The summed E-state index contributed by atoms with van der Waals surface area (Å²) < 4.78 is 38.7. The van der Waals surface area contributed by atoms with E-state index in [0.29, 0.717) is 19.3 Å². The van der Waals surface area contributed by atoms with Crippen LogP contribution in [0.25, 0.3) is 0 Å². The highest BCUT2D eigenvalue weighted by molar-refractivity contribution is 5.99. The number of rotatable bonds is 10. The summed E-state index contributed by atoms with van der Waals surface area (Å²) >= 11 is 0. The van der Waals surface area contributed by atoms with Gasteiger partial charge in [0.2, 0.25) is 23.6 Å². The van der Waals surface area contributed by atoms with Gasteiger partial charge in [-0.2, -0.15) is 13.2 Å². The lowest BCUT2D eigenvalue weighted by Crippen LogP contribution is -2.50. The minimum absolute atomic E-state index is 0.0714. The van der Waals surface area contributed by atoms with E-state index in [2.05, 4.69) is 16.0 Å². The third kappa shape index (κ3) is 7.84. The number of nitrogens with one attached hydrogen (secondary N) is 4. The number of unbranched alkanes of at least 4 members (excludes halogenated alkanes) is 2. The summed E-state index contributed by atoms with van der Waals surface area (Å²) in [5.74, 6) is -2.08. The van der Waals surface area contributed by atoms with Crippen molar-refractivity contribution in [2.24, 2.45) is 0 Å². The Labute approximate surface area is 182 Å². The maximum Gasteiger partial charge on any atom is 0.416 e. The molecule has 0 bridgehead atoms. The van der Waals surface area contributed by atoms with Crippen LogP contribution in [0.1, 0.15) is 50.5 Å². The minimum Gasteiger partial charge on any atom is -0.344 e. The number of benzene rings is 1. The van der Waals surface area contributed by atoms with E-state index in [0.717, 1.165) is 18.2 Å². The van der Waals surface area contributed by atoms with Crippen LogP contribution < -0.4 is 21.4 Å². The van der Waals surface area contributed by atoms with Crippen molar-refractivity contribution in [1.29, 1.82) is 0 Å². The van der Waals surface area contributed by atoms with Gasteiger partial charge in [-0.3, -0.25) is 24.4 Å².